The van der Waals surface area contributed by atoms with E-state index in [1.807, 2.05) is 13.8 Å². The summed E-state index contributed by atoms with van der Waals surface area (Å²) in [4.78, 5) is 3.48. The maximum absolute atomic E-state index is 8.59. The largest absolute Gasteiger partial charge is 0.506 e. The highest BCUT2D eigenvalue weighted by Gasteiger charge is 1.86. The van der Waals surface area contributed by atoms with Crippen LogP contribution in [0.25, 0.3) is 0 Å². The van der Waals surface area contributed by atoms with Crippen LogP contribution in [-0.4, -0.2) is 15.2 Å². The van der Waals surface area contributed by atoms with Crippen molar-refractivity contribution in [2.75, 3.05) is 0 Å². The lowest BCUT2D eigenvalue weighted by Crippen LogP contribution is -1.68. The third kappa shape index (κ3) is 2.91. The second kappa shape index (κ2) is 4.61. The Labute approximate surface area is 60.0 Å². The van der Waals surface area contributed by atoms with Gasteiger partial charge in [-0.15, -0.1) is 0 Å². The Hall–Kier alpha value is -1.25. The molecule has 0 saturated carbocycles. The molecule has 0 saturated heterocycles. The Morgan fingerprint density at radius 1 is 1.10 bits per heavy atom. The first-order valence-electron chi connectivity index (χ1n) is 3.12. The lowest BCUT2D eigenvalue weighted by Gasteiger charge is -1.88. The fourth-order valence-corrected chi connectivity index (χ4v) is 0.416. The number of hydrogen-bond donors (Lipinski definition) is 2. The van der Waals surface area contributed by atoms with Crippen LogP contribution >= 0.6 is 0 Å². The molecule has 56 valence electrons. The van der Waals surface area contributed by atoms with Crippen LogP contribution < -0.4 is 0 Å². The number of rotatable bonds is 0. The van der Waals surface area contributed by atoms with E-state index in [0.29, 0.717) is 0 Å². The van der Waals surface area contributed by atoms with Crippen LogP contribution in [0.15, 0.2) is 18.5 Å². The monoisotopic (exact) mass is 141 g/mol. The SMILES string of the molecule is CC.Oc1cncc(O)c1. The highest BCUT2D eigenvalue weighted by Crippen LogP contribution is 2.12. The Kier molecular flexibility index (Phi) is 4.04. The van der Waals surface area contributed by atoms with Crippen molar-refractivity contribution in [2.24, 2.45) is 0 Å². The minimum atomic E-state index is -0.0231. The van der Waals surface area contributed by atoms with Gasteiger partial charge < -0.3 is 10.2 Å². The molecule has 0 atom stereocenters. The first-order chi connectivity index (χ1) is 4.79. The van der Waals surface area contributed by atoms with Gasteiger partial charge in [0.15, 0.2) is 0 Å². The fourth-order valence-electron chi connectivity index (χ4n) is 0.416. The van der Waals surface area contributed by atoms with Crippen LogP contribution in [0.1, 0.15) is 13.8 Å². The van der Waals surface area contributed by atoms with E-state index in [9.17, 15) is 0 Å². The number of hydrogen-bond acceptors (Lipinski definition) is 3. The van der Waals surface area contributed by atoms with Crippen LogP contribution in [0.4, 0.5) is 0 Å². The second-order valence-corrected chi connectivity index (χ2v) is 1.40. The number of aromatic nitrogens is 1. The number of pyridine rings is 1. The molecule has 0 amide bonds. The molecule has 0 aliphatic heterocycles. The molecule has 10 heavy (non-hydrogen) atoms. The minimum Gasteiger partial charge on any atom is -0.506 e. The van der Waals surface area contributed by atoms with Gasteiger partial charge in [0.25, 0.3) is 0 Å². The zero-order valence-corrected chi connectivity index (χ0v) is 6.07. The Morgan fingerprint density at radius 3 is 1.70 bits per heavy atom. The van der Waals surface area contributed by atoms with Crippen molar-refractivity contribution < 1.29 is 10.2 Å². The summed E-state index contributed by atoms with van der Waals surface area (Å²) in [5, 5.41) is 17.2. The zero-order valence-electron chi connectivity index (χ0n) is 6.07. The molecule has 3 heteroatoms. The molecule has 1 rings (SSSR count). The van der Waals surface area contributed by atoms with Gasteiger partial charge in [-0.25, -0.2) is 0 Å². The van der Waals surface area contributed by atoms with E-state index in [1.54, 1.807) is 0 Å². The van der Waals surface area contributed by atoms with Gasteiger partial charge >= 0.3 is 0 Å². The van der Waals surface area contributed by atoms with Crippen molar-refractivity contribution in [1.82, 2.24) is 4.98 Å². The maximum atomic E-state index is 8.59. The molecule has 0 fully saturated rings. The summed E-state index contributed by atoms with van der Waals surface area (Å²) in [6, 6.07) is 1.22. The van der Waals surface area contributed by atoms with E-state index < -0.39 is 0 Å². The molecule has 0 spiro atoms. The average Bonchev–Trinajstić information content (AvgIpc) is 1.91. The Balaban J connectivity index is 0.000000371. The lowest BCUT2D eigenvalue weighted by molar-refractivity contribution is 0.446. The van der Waals surface area contributed by atoms with Crippen molar-refractivity contribution in [3.63, 3.8) is 0 Å². The third-order valence-corrected chi connectivity index (χ3v) is 0.709. The van der Waals surface area contributed by atoms with Crippen molar-refractivity contribution in [3.05, 3.63) is 18.5 Å². The summed E-state index contributed by atoms with van der Waals surface area (Å²) in [7, 11) is 0. The Bertz CT molecular complexity index is 171. The predicted octanol–water partition coefficient (Wildman–Crippen LogP) is 1.52. The van der Waals surface area contributed by atoms with Crippen molar-refractivity contribution in [2.45, 2.75) is 13.8 Å². The topological polar surface area (TPSA) is 53.4 Å². The van der Waals surface area contributed by atoms with Gasteiger partial charge in [-0.2, -0.15) is 0 Å². The van der Waals surface area contributed by atoms with E-state index >= 15 is 0 Å². The third-order valence-electron chi connectivity index (χ3n) is 0.709. The maximum Gasteiger partial charge on any atom is 0.137 e. The van der Waals surface area contributed by atoms with Crippen LogP contribution in [0, 0.1) is 0 Å². The molecule has 1 aromatic rings. The molecule has 1 aromatic heterocycles. The molecule has 1 heterocycles. The highest BCUT2D eigenvalue weighted by atomic mass is 16.3. The number of aromatic hydroxyl groups is 2. The molecule has 0 unspecified atom stereocenters. The molecule has 0 bridgehead atoms. The van der Waals surface area contributed by atoms with E-state index in [0.717, 1.165) is 0 Å². The number of nitrogens with zero attached hydrogens (tertiary/aromatic N) is 1. The summed E-state index contributed by atoms with van der Waals surface area (Å²) in [6.45, 7) is 4.00. The van der Waals surface area contributed by atoms with Crippen molar-refractivity contribution >= 4 is 0 Å². The summed E-state index contributed by atoms with van der Waals surface area (Å²) in [6.07, 6.45) is 2.50. The van der Waals surface area contributed by atoms with E-state index in [4.69, 9.17) is 10.2 Å². The molecule has 2 N–H and O–H groups in total. The van der Waals surface area contributed by atoms with Crippen molar-refractivity contribution in [3.8, 4) is 11.5 Å². The summed E-state index contributed by atoms with van der Waals surface area (Å²) in [5.74, 6) is -0.0463. The highest BCUT2D eigenvalue weighted by molar-refractivity contribution is 5.25. The first kappa shape index (κ1) is 8.75. The van der Waals surface area contributed by atoms with Gasteiger partial charge in [-0.05, 0) is 0 Å². The van der Waals surface area contributed by atoms with Gasteiger partial charge in [0.1, 0.15) is 11.5 Å². The van der Waals surface area contributed by atoms with E-state index in [-0.39, 0.29) is 11.5 Å². The molecule has 3 nitrogen and oxygen atoms in total. The van der Waals surface area contributed by atoms with Gasteiger partial charge in [-0.1, -0.05) is 13.8 Å². The molecule has 0 radical (unpaired) electrons. The summed E-state index contributed by atoms with van der Waals surface area (Å²) in [5.41, 5.74) is 0. The van der Waals surface area contributed by atoms with E-state index in [2.05, 4.69) is 4.98 Å². The van der Waals surface area contributed by atoms with Crippen molar-refractivity contribution in [1.29, 1.82) is 0 Å². The smallest absolute Gasteiger partial charge is 0.137 e. The zero-order chi connectivity index (χ0) is 7.98. The minimum absolute atomic E-state index is 0.0231. The molecule has 0 aliphatic rings. The molecular weight excluding hydrogens is 130 g/mol. The predicted molar refractivity (Wildman–Crippen MR) is 38.9 cm³/mol. The van der Waals surface area contributed by atoms with Crippen LogP contribution in [0.2, 0.25) is 0 Å². The fraction of sp³-hybridized carbons (Fsp3) is 0.286. The normalized spacial score (nSPS) is 7.80. The van der Waals surface area contributed by atoms with Gasteiger partial charge in [0, 0.05) is 6.07 Å². The molecule has 0 aromatic carbocycles. The summed E-state index contributed by atoms with van der Waals surface area (Å²) >= 11 is 0. The molecule has 0 aliphatic carbocycles. The standard InChI is InChI=1S/C5H5NO2.C2H6/c7-4-1-5(8)3-6-2-4;1-2/h1-3,7-8H;1-2H3. The first-order valence-corrected chi connectivity index (χ1v) is 3.12. The van der Waals surface area contributed by atoms with Gasteiger partial charge in [0.2, 0.25) is 0 Å². The average molecular weight is 141 g/mol. The quantitative estimate of drug-likeness (QED) is 0.576. The summed E-state index contributed by atoms with van der Waals surface area (Å²) < 4.78 is 0. The van der Waals surface area contributed by atoms with Crippen LogP contribution in [-0.2, 0) is 0 Å². The van der Waals surface area contributed by atoms with E-state index in [1.165, 1.54) is 18.5 Å². The second-order valence-electron chi connectivity index (χ2n) is 1.40. The lowest BCUT2D eigenvalue weighted by atomic mass is 10.4. The van der Waals surface area contributed by atoms with Gasteiger partial charge in [0.05, 0.1) is 12.4 Å². The van der Waals surface area contributed by atoms with Crippen LogP contribution in [0.5, 0.6) is 11.5 Å². The molecular formula is C7H11NO2. The van der Waals surface area contributed by atoms with Gasteiger partial charge in [-0.3, -0.25) is 4.98 Å². The van der Waals surface area contributed by atoms with Crippen LogP contribution in [0.3, 0.4) is 0 Å². The Morgan fingerprint density at radius 2 is 1.50 bits per heavy atom.